The van der Waals surface area contributed by atoms with Crippen molar-refractivity contribution in [2.75, 3.05) is 12.3 Å². The van der Waals surface area contributed by atoms with Crippen LogP contribution in [0.3, 0.4) is 0 Å². The first-order valence-corrected chi connectivity index (χ1v) is 8.82. The van der Waals surface area contributed by atoms with Crippen molar-refractivity contribution in [2.24, 2.45) is 0 Å². The van der Waals surface area contributed by atoms with Gasteiger partial charge in [0.15, 0.2) is 0 Å². The zero-order valence-corrected chi connectivity index (χ0v) is 15.1. The van der Waals surface area contributed by atoms with Crippen molar-refractivity contribution >= 4 is 5.69 Å². The molecule has 7 heteroatoms. The maximum atomic E-state index is 13.0. The average molecular weight is 387 g/mol. The number of anilines is 1. The van der Waals surface area contributed by atoms with E-state index in [-0.39, 0.29) is 5.69 Å². The molecule has 0 spiro atoms. The first-order valence-electron chi connectivity index (χ1n) is 8.82. The molecule has 0 aliphatic rings. The standard InChI is InChI=1S/C21H20F3N3O/c22-21(23,24)17-9-16(10-18(25)11-17)20-12-19(26-14-27-20)7-4-8-28-13-15-5-2-1-3-6-15/h1-3,5-6,9-12,14H,4,7-8,13,25H2. The Bertz CT molecular complexity index is 914. The molecule has 0 aliphatic heterocycles. The fourth-order valence-corrected chi connectivity index (χ4v) is 2.77. The summed E-state index contributed by atoms with van der Waals surface area (Å²) in [6, 6.07) is 15.0. The Kier molecular flexibility index (Phi) is 6.26. The number of nitrogens with zero attached hydrogens (tertiary/aromatic N) is 2. The summed E-state index contributed by atoms with van der Waals surface area (Å²) in [6.07, 6.45) is -1.73. The molecule has 4 nitrogen and oxygen atoms in total. The van der Waals surface area contributed by atoms with E-state index in [0.717, 1.165) is 29.8 Å². The van der Waals surface area contributed by atoms with Crippen LogP contribution >= 0.6 is 0 Å². The predicted molar refractivity (Wildman–Crippen MR) is 101 cm³/mol. The van der Waals surface area contributed by atoms with E-state index >= 15 is 0 Å². The second kappa shape index (κ2) is 8.84. The molecule has 0 fully saturated rings. The average Bonchev–Trinajstić information content (AvgIpc) is 2.68. The van der Waals surface area contributed by atoms with Gasteiger partial charge in [-0.05, 0) is 42.7 Å². The molecule has 0 atom stereocenters. The van der Waals surface area contributed by atoms with E-state index < -0.39 is 11.7 Å². The first kappa shape index (κ1) is 19.8. The minimum atomic E-state index is -4.46. The van der Waals surface area contributed by atoms with Gasteiger partial charge in [0.2, 0.25) is 0 Å². The van der Waals surface area contributed by atoms with Crippen LogP contribution in [0.1, 0.15) is 23.2 Å². The fraction of sp³-hybridized carbons (Fsp3) is 0.238. The number of halogens is 3. The van der Waals surface area contributed by atoms with E-state index in [1.54, 1.807) is 6.07 Å². The third kappa shape index (κ3) is 5.53. The van der Waals surface area contributed by atoms with Gasteiger partial charge in [-0.1, -0.05) is 30.3 Å². The van der Waals surface area contributed by atoms with Gasteiger partial charge in [0.05, 0.1) is 17.9 Å². The summed E-state index contributed by atoms with van der Waals surface area (Å²) in [6.45, 7) is 1.10. The van der Waals surface area contributed by atoms with Gasteiger partial charge >= 0.3 is 6.18 Å². The van der Waals surface area contributed by atoms with Gasteiger partial charge in [-0.3, -0.25) is 0 Å². The van der Waals surface area contributed by atoms with Crippen LogP contribution in [0.25, 0.3) is 11.3 Å². The highest BCUT2D eigenvalue weighted by atomic mass is 19.4. The number of alkyl halides is 3. The highest BCUT2D eigenvalue weighted by Gasteiger charge is 2.31. The Balaban J connectivity index is 1.60. The molecular formula is C21H20F3N3O. The zero-order valence-electron chi connectivity index (χ0n) is 15.1. The Morgan fingerprint density at radius 2 is 1.75 bits per heavy atom. The predicted octanol–water partition coefficient (Wildman–Crippen LogP) is 4.89. The molecule has 1 aromatic heterocycles. The number of aromatic nitrogens is 2. The number of hydrogen-bond donors (Lipinski definition) is 1. The summed E-state index contributed by atoms with van der Waals surface area (Å²) >= 11 is 0. The summed E-state index contributed by atoms with van der Waals surface area (Å²) in [4.78, 5) is 8.29. The normalized spacial score (nSPS) is 11.5. The van der Waals surface area contributed by atoms with E-state index in [1.807, 2.05) is 30.3 Å². The van der Waals surface area contributed by atoms with Crippen LogP contribution in [0.15, 0.2) is 60.9 Å². The van der Waals surface area contributed by atoms with Crippen LogP contribution in [-0.4, -0.2) is 16.6 Å². The van der Waals surface area contributed by atoms with E-state index in [2.05, 4.69) is 9.97 Å². The second-order valence-electron chi connectivity index (χ2n) is 6.38. The number of benzene rings is 2. The molecule has 0 radical (unpaired) electrons. The Hall–Kier alpha value is -2.93. The molecule has 0 saturated heterocycles. The second-order valence-corrected chi connectivity index (χ2v) is 6.38. The molecule has 2 N–H and O–H groups in total. The van der Waals surface area contributed by atoms with Crippen LogP contribution in [0.5, 0.6) is 0 Å². The summed E-state index contributed by atoms with van der Waals surface area (Å²) in [5.41, 5.74) is 7.45. The van der Waals surface area contributed by atoms with Crippen molar-refractivity contribution in [3.8, 4) is 11.3 Å². The maximum absolute atomic E-state index is 13.0. The van der Waals surface area contributed by atoms with Crippen molar-refractivity contribution in [3.63, 3.8) is 0 Å². The van der Waals surface area contributed by atoms with Crippen molar-refractivity contribution in [2.45, 2.75) is 25.6 Å². The topological polar surface area (TPSA) is 61.0 Å². The first-order chi connectivity index (χ1) is 13.4. The van der Waals surface area contributed by atoms with Gasteiger partial charge in [-0.25, -0.2) is 9.97 Å². The lowest BCUT2D eigenvalue weighted by atomic mass is 10.0. The third-order valence-electron chi connectivity index (χ3n) is 4.14. The number of rotatable bonds is 7. The number of nitrogens with two attached hydrogens (primary N) is 1. The number of hydrogen-bond acceptors (Lipinski definition) is 4. The number of aryl methyl sites for hydroxylation is 1. The van der Waals surface area contributed by atoms with Crippen molar-refractivity contribution < 1.29 is 17.9 Å². The molecule has 0 aliphatic carbocycles. The van der Waals surface area contributed by atoms with Gasteiger partial charge in [-0.2, -0.15) is 13.2 Å². The summed E-state index contributed by atoms with van der Waals surface area (Å²) in [7, 11) is 0. The molecule has 0 unspecified atom stereocenters. The largest absolute Gasteiger partial charge is 0.416 e. The Labute approximate surface area is 161 Å². The molecule has 3 rings (SSSR count). The lowest BCUT2D eigenvalue weighted by molar-refractivity contribution is -0.137. The Morgan fingerprint density at radius 3 is 2.50 bits per heavy atom. The minimum absolute atomic E-state index is 0.0410. The summed E-state index contributed by atoms with van der Waals surface area (Å²) < 4.78 is 44.6. The fourth-order valence-electron chi connectivity index (χ4n) is 2.77. The van der Waals surface area contributed by atoms with Crippen LogP contribution in [0, 0.1) is 0 Å². The number of nitrogen functional groups attached to an aromatic ring is 1. The van der Waals surface area contributed by atoms with E-state index in [1.165, 1.54) is 12.4 Å². The molecule has 1 heterocycles. The quantitative estimate of drug-likeness (QED) is 0.463. The maximum Gasteiger partial charge on any atom is 0.416 e. The monoisotopic (exact) mass is 387 g/mol. The van der Waals surface area contributed by atoms with Crippen LogP contribution in [0.2, 0.25) is 0 Å². The molecule has 146 valence electrons. The highest BCUT2D eigenvalue weighted by molar-refractivity contribution is 5.66. The molecule has 28 heavy (non-hydrogen) atoms. The molecule has 0 bridgehead atoms. The van der Waals surface area contributed by atoms with E-state index in [4.69, 9.17) is 10.5 Å². The van der Waals surface area contributed by atoms with Gasteiger partial charge in [-0.15, -0.1) is 0 Å². The molecule has 2 aromatic carbocycles. The molecule has 0 saturated carbocycles. The van der Waals surface area contributed by atoms with Crippen LogP contribution in [-0.2, 0) is 23.9 Å². The van der Waals surface area contributed by atoms with Crippen molar-refractivity contribution in [1.82, 2.24) is 9.97 Å². The Morgan fingerprint density at radius 1 is 0.964 bits per heavy atom. The van der Waals surface area contributed by atoms with Crippen molar-refractivity contribution in [1.29, 1.82) is 0 Å². The van der Waals surface area contributed by atoms with Crippen LogP contribution < -0.4 is 5.73 Å². The van der Waals surface area contributed by atoms with Gasteiger partial charge in [0.25, 0.3) is 0 Å². The van der Waals surface area contributed by atoms with Crippen LogP contribution in [0.4, 0.5) is 18.9 Å². The number of ether oxygens (including phenoxy) is 1. The smallest absolute Gasteiger partial charge is 0.399 e. The van der Waals surface area contributed by atoms with Gasteiger partial charge in [0.1, 0.15) is 6.33 Å². The SMILES string of the molecule is Nc1cc(-c2cc(CCCOCc3ccccc3)ncn2)cc(C(F)(F)F)c1. The molecule has 0 amide bonds. The molecular weight excluding hydrogens is 367 g/mol. The summed E-state index contributed by atoms with van der Waals surface area (Å²) in [5, 5.41) is 0. The summed E-state index contributed by atoms with van der Waals surface area (Å²) in [5.74, 6) is 0. The zero-order chi connectivity index (χ0) is 20.0. The molecule has 3 aromatic rings. The minimum Gasteiger partial charge on any atom is -0.399 e. The third-order valence-corrected chi connectivity index (χ3v) is 4.14. The lowest BCUT2D eigenvalue weighted by Crippen LogP contribution is -2.06. The van der Waals surface area contributed by atoms with Gasteiger partial charge in [0, 0.05) is 23.6 Å². The van der Waals surface area contributed by atoms with E-state index in [9.17, 15) is 13.2 Å². The van der Waals surface area contributed by atoms with E-state index in [0.29, 0.717) is 30.9 Å². The highest BCUT2D eigenvalue weighted by Crippen LogP contribution is 2.33. The van der Waals surface area contributed by atoms with Crippen molar-refractivity contribution in [3.05, 3.63) is 77.7 Å². The van der Waals surface area contributed by atoms with Gasteiger partial charge < -0.3 is 10.5 Å². The lowest BCUT2D eigenvalue weighted by Gasteiger charge is -2.11.